The average Bonchev–Trinajstić information content (AvgIpc) is 2.58. The van der Waals surface area contributed by atoms with Gasteiger partial charge in [-0.15, -0.1) is 0 Å². The first kappa shape index (κ1) is 18.1. The van der Waals surface area contributed by atoms with E-state index in [1.807, 2.05) is 36.4 Å². The molecule has 0 spiro atoms. The molecule has 0 aliphatic rings. The molecule has 1 amide bonds. The van der Waals surface area contributed by atoms with Crippen LogP contribution in [0.25, 0.3) is 0 Å². The molecule has 2 rings (SSSR count). The van der Waals surface area contributed by atoms with Crippen molar-refractivity contribution in [2.45, 2.75) is 26.5 Å². The Kier molecular flexibility index (Phi) is 6.93. The lowest BCUT2D eigenvalue weighted by Gasteiger charge is -2.22. The smallest absolute Gasteiger partial charge is 0.410 e. The van der Waals surface area contributed by atoms with Crippen LogP contribution >= 0.6 is 15.9 Å². The van der Waals surface area contributed by atoms with Crippen LogP contribution in [-0.4, -0.2) is 28.3 Å². The number of halogens is 1. The molecule has 2 aromatic rings. The highest BCUT2D eigenvalue weighted by molar-refractivity contribution is 9.10. The van der Waals surface area contributed by atoms with Crippen LogP contribution < -0.4 is 0 Å². The van der Waals surface area contributed by atoms with Gasteiger partial charge in [0.15, 0.2) is 0 Å². The van der Waals surface area contributed by atoms with Crippen molar-refractivity contribution in [1.82, 2.24) is 9.88 Å². The lowest BCUT2D eigenvalue weighted by atomic mass is 10.2. The van der Waals surface area contributed by atoms with Crippen LogP contribution in [0.2, 0.25) is 0 Å². The molecule has 0 aliphatic carbocycles. The molecule has 1 aromatic heterocycles. The molecule has 0 saturated heterocycles. The summed E-state index contributed by atoms with van der Waals surface area (Å²) in [4.78, 5) is 29.3. The number of ether oxygens (including phenoxy) is 1. The summed E-state index contributed by atoms with van der Waals surface area (Å²) >= 11 is 3.37. The van der Waals surface area contributed by atoms with Crippen LogP contribution in [0.1, 0.15) is 24.5 Å². The summed E-state index contributed by atoms with van der Waals surface area (Å²) in [5.74, 6) is 0.0288. The Balaban J connectivity index is 2.02. The third kappa shape index (κ3) is 5.77. The second-order valence-electron chi connectivity index (χ2n) is 5.37. The molecule has 0 N–H and O–H groups in total. The molecular weight excluding hydrogens is 372 g/mol. The number of hydrogen-bond acceptors (Lipinski definition) is 4. The van der Waals surface area contributed by atoms with Crippen LogP contribution in [-0.2, 0) is 22.7 Å². The zero-order valence-corrected chi connectivity index (χ0v) is 15.0. The molecule has 6 heteroatoms. The van der Waals surface area contributed by atoms with Crippen molar-refractivity contribution in [2.24, 2.45) is 0 Å². The van der Waals surface area contributed by atoms with Crippen LogP contribution in [0.4, 0.5) is 4.79 Å². The minimum atomic E-state index is -0.448. The van der Waals surface area contributed by atoms with E-state index in [2.05, 4.69) is 20.9 Å². The van der Waals surface area contributed by atoms with Crippen LogP contribution in [0, 0.1) is 0 Å². The largest absolute Gasteiger partial charge is 0.445 e. The maximum absolute atomic E-state index is 12.4. The normalized spacial score (nSPS) is 10.2. The van der Waals surface area contributed by atoms with E-state index in [-0.39, 0.29) is 18.8 Å². The summed E-state index contributed by atoms with van der Waals surface area (Å²) in [6.45, 7) is 2.34. The van der Waals surface area contributed by atoms with Crippen molar-refractivity contribution in [3.05, 3.63) is 64.4 Å². The maximum Gasteiger partial charge on any atom is 0.410 e. The second-order valence-corrected chi connectivity index (χ2v) is 6.12. The molecule has 0 bridgehead atoms. The van der Waals surface area contributed by atoms with Gasteiger partial charge in [0.2, 0.25) is 0 Å². The number of hydrogen-bond donors (Lipinski definition) is 0. The van der Waals surface area contributed by atoms with Crippen LogP contribution in [0.5, 0.6) is 0 Å². The Morgan fingerprint density at radius 2 is 1.92 bits per heavy atom. The third-order valence-corrected chi connectivity index (χ3v) is 4.11. The number of aromatic nitrogens is 1. The maximum atomic E-state index is 12.4. The quantitative estimate of drug-likeness (QED) is 0.671. The number of nitrogens with zero attached hydrogens (tertiary/aromatic N) is 2. The summed E-state index contributed by atoms with van der Waals surface area (Å²) in [6, 6.07) is 13.2. The van der Waals surface area contributed by atoms with Gasteiger partial charge in [-0.1, -0.05) is 36.4 Å². The van der Waals surface area contributed by atoms with Crippen molar-refractivity contribution < 1.29 is 14.3 Å². The highest BCUT2D eigenvalue weighted by Crippen LogP contribution is 2.16. The highest BCUT2D eigenvalue weighted by atomic mass is 79.9. The molecule has 0 saturated carbocycles. The van der Waals surface area contributed by atoms with E-state index in [4.69, 9.17) is 4.74 Å². The molecule has 0 unspecified atom stereocenters. The van der Waals surface area contributed by atoms with Crippen molar-refractivity contribution in [1.29, 1.82) is 0 Å². The first-order chi connectivity index (χ1) is 11.6. The van der Waals surface area contributed by atoms with Gasteiger partial charge < -0.3 is 9.64 Å². The molecule has 1 aromatic carbocycles. The van der Waals surface area contributed by atoms with Crippen LogP contribution in [0.3, 0.4) is 0 Å². The summed E-state index contributed by atoms with van der Waals surface area (Å²) in [6.07, 6.45) is 1.51. The van der Waals surface area contributed by atoms with Crippen molar-refractivity contribution in [3.8, 4) is 0 Å². The van der Waals surface area contributed by atoms with Crippen molar-refractivity contribution in [3.63, 3.8) is 0 Å². The standard InChI is InChI=1S/C18H19BrN2O3/c1-14(22)9-11-21(12-16-8-5-10-20-17(16)19)18(23)24-13-15-6-3-2-4-7-15/h2-8,10H,9,11-13H2,1H3. The Labute approximate surface area is 149 Å². The first-order valence-electron chi connectivity index (χ1n) is 7.60. The fourth-order valence-corrected chi connectivity index (χ4v) is 2.46. The van der Waals surface area contributed by atoms with E-state index >= 15 is 0 Å². The lowest BCUT2D eigenvalue weighted by molar-refractivity contribution is -0.117. The second kappa shape index (κ2) is 9.17. The molecule has 1 heterocycles. The lowest BCUT2D eigenvalue weighted by Crippen LogP contribution is -2.33. The first-order valence-corrected chi connectivity index (χ1v) is 8.40. The number of benzene rings is 1. The molecule has 24 heavy (non-hydrogen) atoms. The van der Waals surface area contributed by atoms with Gasteiger partial charge in [0.1, 0.15) is 17.0 Å². The minimum Gasteiger partial charge on any atom is -0.445 e. The number of carbonyl (C=O) groups is 2. The molecule has 0 radical (unpaired) electrons. The van der Waals surface area contributed by atoms with Gasteiger partial charge in [0, 0.05) is 24.7 Å². The summed E-state index contributed by atoms with van der Waals surface area (Å²) in [5, 5.41) is 0. The van der Waals surface area contributed by atoms with E-state index in [1.165, 1.54) is 11.8 Å². The summed E-state index contributed by atoms with van der Waals surface area (Å²) < 4.78 is 6.05. The monoisotopic (exact) mass is 390 g/mol. The fraction of sp³-hybridized carbons (Fsp3) is 0.278. The summed E-state index contributed by atoms with van der Waals surface area (Å²) in [7, 11) is 0. The Morgan fingerprint density at radius 3 is 2.58 bits per heavy atom. The summed E-state index contributed by atoms with van der Waals surface area (Å²) in [5.41, 5.74) is 1.78. The SMILES string of the molecule is CC(=O)CCN(Cc1cccnc1Br)C(=O)OCc1ccccc1. The predicted octanol–water partition coefficient (Wildman–Crippen LogP) is 3.96. The molecule has 0 aliphatic heterocycles. The zero-order chi connectivity index (χ0) is 17.4. The van der Waals surface area contributed by atoms with E-state index < -0.39 is 6.09 Å². The van der Waals surface area contributed by atoms with E-state index in [0.717, 1.165) is 11.1 Å². The zero-order valence-electron chi connectivity index (χ0n) is 13.4. The average molecular weight is 391 g/mol. The number of rotatable bonds is 7. The van der Waals surface area contributed by atoms with Gasteiger partial charge in [-0.25, -0.2) is 9.78 Å². The molecule has 0 fully saturated rings. The predicted molar refractivity (Wildman–Crippen MR) is 94.3 cm³/mol. The Bertz CT molecular complexity index is 692. The number of pyridine rings is 1. The minimum absolute atomic E-state index is 0.0288. The molecular formula is C18H19BrN2O3. The van der Waals surface area contributed by atoms with Crippen molar-refractivity contribution in [2.75, 3.05) is 6.54 Å². The number of carbonyl (C=O) groups excluding carboxylic acids is 2. The van der Waals surface area contributed by atoms with Gasteiger partial charge >= 0.3 is 6.09 Å². The van der Waals surface area contributed by atoms with E-state index in [9.17, 15) is 9.59 Å². The number of ketones is 1. The topological polar surface area (TPSA) is 59.5 Å². The van der Waals surface area contributed by atoms with Crippen LogP contribution in [0.15, 0.2) is 53.3 Å². The van der Waals surface area contributed by atoms with Gasteiger partial charge in [0.05, 0.1) is 6.54 Å². The number of Topliss-reactive ketones (excluding diaryl/α,β-unsaturated/α-hetero) is 1. The Morgan fingerprint density at radius 1 is 1.17 bits per heavy atom. The third-order valence-electron chi connectivity index (χ3n) is 3.39. The molecule has 126 valence electrons. The Hall–Kier alpha value is -2.21. The fourth-order valence-electron chi connectivity index (χ4n) is 2.08. The van der Waals surface area contributed by atoms with Gasteiger partial charge in [-0.2, -0.15) is 0 Å². The van der Waals surface area contributed by atoms with E-state index in [1.54, 1.807) is 12.3 Å². The van der Waals surface area contributed by atoms with Gasteiger partial charge in [-0.05, 0) is 34.5 Å². The highest BCUT2D eigenvalue weighted by Gasteiger charge is 2.17. The van der Waals surface area contributed by atoms with Gasteiger partial charge in [0.25, 0.3) is 0 Å². The number of amides is 1. The van der Waals surface area contributed by atoms with Crippen molar-refractivity contribution >= 4 is 27.8 Å². The molecule has 5 nitrogen and oxygen atoms in total. The van der Waals surface area contributed by atoms with E-state index in [0.29, 0.717) is 17.7 Å². The molecule has 0 atom stereocenters. The van der Waals surface area contributed by atoms with Gasteiger partial charge in [-0.3, -0.25) is 4.79 Å².